The Morgan fingerprint density at radius 3 is 2.50 bits per heavy atom. The zero-order chi connectivity index (χ0) is 7.98. The number of carbonyl (C=O) groups is 1. The maximum absolute atomic E-state index is 11.3. The summed E-state index contributed by atoms with van der Waals surface area (Å²) in [5.74, 6) is 0. The van der Waals surface area contributed by atoms with Crippen LogP contribution in [0, 0.1) is 0 Å². The number of nitrogens with one attached hydrogen (secondary N) is 1. The summed E-state index contributed by atoms with van der Waals surface area (Å²) in [6, 6.07) is 0. The number of halogens is 3. The first kappa shape index (κ1) is 9.22. The first-order chi connectivity index (χ1) is 4.63. The summed E-state index contributed by atoms with van der Waals surface area (Å²) in [5.41, 5.74) is 0. The summed E-state index contributed by atoms with van der Waals surface area (Å²) in [5, 5.41) is 0.712. The molecule has 60 valence electrons. The van der Waals surface area contributed by atoms with Crippen molar-refractivity contribution in [2.75, 3.05) is 13.1 Å². The van der Waals surface area contributed by atoms with Crippen molar-refractivity contribution in [3.8, 4) is 0 Å². The molecule has 0 radical (unpaired) electrons. The Morgan fingerprint density at radius 1 is 1.50 bits per heavy atom. The molecule has 0 aliphatic carbocycles. The van der Waals surface area contributed by atoms with Crippen molar-refractivity contribution in [3.05, 3.63) is 0 Å². The van der Waals surface area contributed by atoms with Crippen LogP contribution in [0.15, 0.2) is 0 Å². The molecule has 0 bridgehead atoms. The number of hydrogen-bond acceptors (Lipinski definition) is 2. The molecular weight excluding hydrogens is 149 g/mol. The summed E-state index contributed by atoms with van der Waals surface area (Å²) >= 11 is 0. The number of amides is 1. The zero-order valence-corrected chi connectivity index (χ0v) is 5.11. The molecular formula is C4H7F3N2O. The third-order valence-corrected chi connectivity index (χ3v) is 0.768. The van der Waals surface area contributed by atoms with E-state index < -0.39 is 18.0 Å². The highest BCUT2D eigenvalue weighted by Crippen LogP contribution is 1.90. The predicted octanol–water partition coefficient (Wildman–Crippen LogP) is 1.13. The Labute approximate surface area is 55.7 Å². The molecule has 10 heavy (non-hydrogen) atoms. The molecule has 6 heteroatoms. The van der Waals surface area contributed by atoms with Gasteiger partial charge in [0.1, 0.15) is 0 Å². The van der Waals surface area contributed by atoms with Crippen LogP contribution in [0.2, 0.25) is 0 Å². The first-order valence-electron chi connectivity index (χ1n) is 2.65. The monoisotopic (exact) mass is 156 g/mol. The molecule has 0 aromatic rings. The van der Waals surface area contributed by atoms with Gasteiger partial charge in [0, 0.05) is 11.9 Å². The van der Waals surface area contributed by atoms with Gasteiger partial charge in [0.25, 0.3) is 0 Å². The second-order valence-electron chi connectivity index (χ2n) is 1.58. The van der Waals surface area contributed by atoms with Gasteiger partial charge in [-0.05, 0) is 6.42 Å². The van der Waals surface area contributed by atoms with E-state index in [9.17, 15) is 18.1 Å². The quantitative estimate of drug-likeness (QED) is 0.286. The minimum absolute atomic E-state index is 0.0304. The van der Waals surface area contributed by atoms with Crippen LogP contribution in [0.3, 0.4) is 0 Å². The van der Waals surface area contributed by atoms with E-state index in [2.05, 4.69) is 0 Å². The SMILES string of the molecule is O=C(F)NCCCN(F)F. The minimum Gasteiger partial charge on any atom is -0.328 e. The highest BCUT2D eigenvalue weighted by atomic mass is 19.4. The van der Waals surface area contributed by atoms with Gasteiger partial charge in [-0.1, -0.05) is 0 Å². The van der Waals surface area contributed by atoms with Gasteiger partial charge in [0.15, 0.2) is 0 Å². The number of nitrogens with zero attached hydrogens (tertiary/aromatic N) is 1. The lowest BCUT2D eigenvalue weighted by molar-refractivity contribution is -0.152. The van der Waals surface area contributed by atoms with Crippen LogP contribution in [0.1, 0.15) is 6.42 Å². The lowest BCUT2D eigenvalue weighted by Gasteiger charge is -1.99. The fraction of sp³-hybridized carbons (Fsp3) is 0.750. The molecule has 0 saturated heterocycles. The summed E-state index contributed by atoms with van der Waals surface area (Å²) in [6.45, 7) is -0.542. The summed E-state index contributed by atoms with van der Waals surface area (Å²) in [6.07, 6.45) is -1.66. The topological polar surface area (TPSA) is 32.3 Å². The third kappa shape index (κ3) is 7.22. The van der Waals surface area contributed by atoms with Gasteiger partial charge in [0.2, 0.25) is 0 Å². The van der Waals surface area contributed by atoms with E-state index in [0.717, 1.165) is 0 Å². The lowest BCUT2D eigenvalue weighted by Crippen LogP contribution is -2.20. The van der Waals surface area contributed by atoms with Crippen LogP contribution in [-0.2, 0) is 0 Å². The van der Waals surface area contributed by atoms with Crippen molar-refractivity contribution in [2.45, 2.75) is 6.42 Å². The normalized spacial score (nSPS) is 10.0. The average Bonchev–Trinajstić information content (AvgIpc) is 1.79. The Bertz CT molecular complexity index is 109. The predicted molar refractivity (Wildman–Crippen MR) is 28.0 cm³/mol. The maximum atomic E-state index is 11.3. The molecule has 0 aliphatic rings. The summed E-state index contributed by atoms with van der Waals surface area (Å²) in [4.78, 5) is 9.51. The van der Waals surface area contributed by atoms with Crippen molar-refractivity contribution >= 4 is 6.16 Å². The van der Waals surface area contributed by atoms with Gasteiger partial charge in [0.05, 0.1) is 6.54 Å². The molecule has 0 fully saturated rings. The standard InChI is InChI=1S/C4H7F3N2O/c5-4(10)8-2-1-3-9(6)7/h1-3H2,(H,8,10). The summed E-state index contributed by atoms with van der Waals surface area (Å²) in [7, 11) is 0. The Balaban J connectivity index is 2.98. The lowest BCUT2D eigenvalue weighted by atomic mass is 10.4. The van der Waals surface area contributed by atoms with Crippen molar-refractivity contribution in [1.29, 1.82) is 0 Å². The molecule has 0 spiro atoms. The molecule has 0 aliphatic heterocycles. The van der Waals surface area contributed by atoms with Crippen LogP contribution in [-0.4, -0.2) is 24.6 Å². The molecule has 0 rings (SSSR count). The highest BCUT2D eigenvalue weighted by molar-refractivity contribution is 5.65. The Kier molecular flexibility index (Phi) is 4.65. The molecule has 3 nitrogen and oxygen atoms in total. The fourth-order valence-electron chi connectivity index (χ4n) is 0.385. The molecule has 1 amide bonds. The second-order valence-corrected chi connectivity index (χ2v) is 1.58. The molecule has 0 atom stereocenters. The third-order valence-electron chi connectivity index (χ3n) is 0.768. The van der Waals surface area contributed by atoms with Gasteiger partial charge < -0.3 is 5.32 Å². The highest BCUT2D eigenvalue weighted by Gasteiger charge is 1.99. The Hall–Kier alpha value is -0.780. The molecule has 0 aromatic heterocycles. The Morgan fingerprint density at radius 2 is 2.10 bits per heavy atom. The van der Waals surface area contributed by atoms with Gasteiger partial charge >= 0.3 is 6.16 Å². The van der Waals surface area contributed by atoms with Crippen LogP contribution in [0.4, 0.5) is 18.1 Å². The van der Waals surface area contributed by atoms with Crippen molar-refractivity contribution < 1.29 is 18.1 Å². The van der Waals surface area contributed by atoms with E-state index in [1.165, 1.54) is 0 Å². The van der Waals surface area contributed by atoms with Crippen LogP contribution < -0.4 is 5.32 Å². The fourth-order valence-corrected chi connectivity index (χ4v) is 0.385. The largest absolute Gasteiger partial charge is 0.397 e. The minimum atomic E-state index is -1.69. The van der Waals surface area contributed by atoms with E-state index >= 15 is 0 Å². The molecule has 1 N–H and O–H groups in total. The second kappa shape index (κ2) is 5.04. The maximum Gasteiger partial charge on any atom is 0.397 e. The van der Waals surface area contributed by atoms with E-state index in [1.54, 1.807) is 5.32 Å². The van der Waals surface area contributed by atoms with Crippen LogP contribution >= 0.6 is 0 Å². The number of carbonyl (C=O) groups excluding carboxylic acids is 1. The van der Waals surface area contributed by atoms with Crippen LogP contribution in [0.5, 0.6) is 0 Å². The molecule has 0 saturated carbocycles. The van der Waals surface area contributed by atoms with Gasteiger partial charge in [-0.2, -0.15) is 0 Å². The van der Waals surface area contributed by atoms with Crippen molar-refractivity contribution in [1.82, 2.24) is 10.7 Å². The smallest absolute Gasteiger partial charge is 0.328 e. The summed E-state index contributed by atoms with van der Waals surface area (Å²) < 4.78 is 33.6. The van der Waals surface area contributed by atoms with E-state index in [-0.39, 0.29) is 13.0 Å². The van der Waals surface area contributed by atoms with Gasteiger partial charge in [-0.25, -0.2) is 4.79 Å². The zero-order valence-electron chi connectivity index (χ0n) is 5.11. The number of hydrogen-bond donors (Lipinski definition) is 1. The van der Waals surface area contributed by atoms with Crippen LogP contribution in [0.25, 0.3) is 0 Å². The van der Waals surface area contributed by atoms with E-state index in [4.69, 9.17) is 0 Å². The van der Waals surface area contributed by atoms with Gasteiger partial charge in [-0.15, -0.1) is 13.4 Å². The van der Waals surface area contributed by atoms with E-state index in [0.29, 0.717) is 0 Å². The first-order valence-corrected chi connectivity index (χ1v) is 2.65. The molecule has 0 heterocycles. The molecule has 0 aromatic carbocycles. The van der Waals surface area contributed by atoms with Crippen molar-refractivity contribution in [2.24, 2.45) is 0 Å². The van der Waals surface area contributed by atoms with E-state index in [1.807, 2.05) is 0 Å². The average molecular weight is 156 g/mol. The van der Waals surface area contributed by atoms with Crippen molar-refractivity contribution in [3.63, 3.8) is 0 Å². The molecule has 0 unspecified atom stereocenters. The van der Waals surface area contributed by atoms with Gasteiger partial charge in [-0.3, -0.25) is 0 Å². The number of rotatable bonds is 4.